The van der Waals surface area contributed by atoms with Crippen LogP contribution in [0.15, 0.2) is 187 Å². The molecular weight excluding hydrogens is 1820 g/mol. The second kappa shape index (κ2) is 80.5. The van der Waals surface area contributed by atoms with Crippen molar-refractivity contribution < 1.29 is 143 Å². The molecule has 37 heteroatoms. The number of benzene rings is 6. The van der Waals surface area contributed by atoms with Crippen LogP contribution in [0.3, 0.4) is 0 Å². The predicted octanol–water partition coefficient (Wildman–Crippen LogP) is 11.4. The lowest BCUT2D eigenvalue weighted by Crippen LogP contribution is -2.34. The van der Waals surface area contributed by atoms with E-state index < -0.39 is 42.9 Å². The molecule has 0 heterocycles. The van der Waals surface area contributed by atoms with E-state index in [-0.39, 0.29) is 19.8 Å². The fourth-order valence-electron chi connectivity index (χ4n) is 11.3. The Kier molecular flexibility index (Phi) is 72.2. The zero-order valence-corrected chi connectivity index (χ0v) is 78.5. The van der Waals surface area contributed by atoms with Gasteiger partial charge in [0.2, 0.25) is 9.87 Å². The third kappa shape index (κ3) is 57.9. The summed E-state index contributed by atoms with van der Waals surface area (Å²) in [6, 6.07) is 61.8. The fraction of sp³-hybridized carbons (Fsp3) is 0.570. The number of esters is 1. The normalized spacial score (nSPS) is 11.7. The lowest BCUT2D eigenvalue weighted by molar-refractivity contribution is -0.147. The SMILES string of the molecule is O=C(CC(=O)C(Cl)(Cl)Cl)OCCOCCOCCOCCOCCOCCOCCOCCOCCOCCOCCOCCOC(c1ccccc1)(c1ccccc1)c1ccccc1.O=C=NC(=O)C(Cl)(Cl)Cl.OCCOCCOCCOCCOCCOCCOCCOCCOCCOCCOCCOCCOC(c1ccccc1)(c1ccccc1)c1ccccc1. The molecule has 728 valence electrons. The summed E-state index contributed by atoms with van der Waals surface area (Å²) in [5.74, 6) is -2.78. The third-order valence-electron chi connectivity index (χ3n) is 17.4. The number of ether oxygens (including phenoxy) is 25. The van der Waals surface area contributed by atoms with Crippen LogP contribution in [-0.2, 0) is 149 Å². The Balaban J connectivity index is 0.000000500. The molecule has 0 radical (unpaired) electrons. The molecule has 6 aromatic rings. The largest absolute Gasteiger partial charge is 0.463 e. The number of amides is 1. The first-order valence-electron chi connectivity index (χ1n) is 43.1. The molecule has 1 N–H and O–H groups in total. The highest BCUT2D eigenvalue weighted by molar-refractivity contribution is 6.77. The van der Waals surface area contributed by atoms with Crippen molar-refractivity contribution in [2.45, 2.75) is 25.2 Å². The molecule has 0 bridgehead atoms. The Morgan fingerprint density at radius 2 is 0.400 bits per heavy atom. The van der Waals surface area contributed by atoms with E-state index >= 15 is 0 Å². The summed E-state index contributed by atoms with van der Waals surface area (Å²) < 4.78 is 135. The second-order valence-corrected chi connectivity index (χ2v) is 31.3. The molecule has 0 saturated heterocycles. The Hall–Kier alpha value is -5.75. The number of nitrogens with zero attached hydrogens (tertiary/aromatic N) is 1. The first-order valence-corrected chi connectivity index (χ1v) is 45.3. The van der Waals surface area contributed by atoms with Crippen molar-refractivity contribution in [3.05, 3.63) is 215 Å². The average Bonchev–Trinajstić information content (AvgIpc) is 0.764. The van der Waals surface area contributed by atoms with Gasteiger partial charge in [0.25, 0.3) is 3.79 Å². The van der Waals surface area contributed by atoms with Crippen LogP contribution in [0.2, 0.25) is 0 Å². The van der Waals surface area contributed by atoms with E-state index in [1.165, 1.54) is 0 Å². The third-order valence-corrected chi connectivity index (χ3v) is 18.5. The Morgan fingerprint density at radius 3 is 0.546 bits per heavy atom. The summed E-state index contributed by atoms with van der Waals surface area (Å²) in [5, 5.41) is 8.60. The zero-order valence-electron chi connectivity index (χ0n) is 74.0. The number of rotatable bonds is 81. The van der Waals surface area contributed by atoms with Crippen LogP contribution < -0.4 is 0 Å². The van der Waals surface area contributed by atoms with Crippen molar-refractivity contribution in [3.63, 3.8) is 0 Å². The number of alkyl halides is 6. The second-order valence-electron chi connectivity index (χ2n) is 26.8. The number of hydrogen-bond donors (Lipinski definition) is 1. The smallest absolute Gasteiger partial charge is 0.313 e. The van der Waals surface area contributed by atoms with Gasteiger partial charge in [0.1, 0.15) is 24.2 Å². The van der Waals surface area contributed by atoms with Crippen LogP contribution in [0, 0.1) is 0 Å². The first-order chi connectivity index (χ1) is 63.7. The summed E-state index contributed by atoms with van der Waals surface area (Å²) in [5.41, 5.74) is 4.85. The summed E-state index contributed by atoms with van der Waals surface area (Å²) >= 11 is 31.1. The summed E-state index contributed by atoms with van der Waals surface area (Å²) in [7, 11) is 0. The molecule has 6 aromatic carbocycles. The number of Topliss-reactive ketones (excluding diaryl/α,β-unsaturated/α-hetero) is 1. The van der Waals surface area contributed by atoms with E-state index in [1.807, 2.05) is 109 Å². The highest BCUT2D eigenvalue weighted by Gasteiger charge is 2.39. The highest BCUT2D eigenvalue weighted by atomic mass is 35.6. The quantitative estimate of drug-likeness (QED) is 0.00705. The molecule has 0 unspecified atom stereocenters. The van der Waals surface area contributed by atoms with Crippen LogP contribution in [-0.4, -0.2) is 354 Å². The molecular formula is C93H129Cl6NO30. The molecule has 0 aromatic heterocycles. The van der Waals surface area contributed by atoms with Gasteiger partial charge in [0.15, 0.2) is 5.78 Å². The Morgan fingerprint density at radius 1 is 0.238 bits per heavy atom. The first kappa shape index (κ1) is 117. The van der Waals surface area contributed by atoms with E-state index in [0.29, 0.717) is 297 Å². The lowest BCUT2D eigenvalue weighted by atomic mass is 9.80. The predicted molar refractivity (Wildman–Crippen MR) is 490 cm³/mol. The van der Waals surface area contributed by atoms with E-state index in [0.717, 1.165) is 39.5 Å². The number of halogens is 6. The van der Waals surface area contributed by atoms with Gasteiger partial charge in [-0.2, -0.15) is 0 Å². The van der Waals surface area contributed by atoms with Crippen molar-refractivity contribution in [1.82, 2.24) is 0 Å². The van der Waals surface area contributed by atoms with Gasteiger partial charge in [-0.15, -0.1) is 4.99 Å². The average molecular weight is 1950 g/mol. The van der Waals surface area contributed by atoms with Crippen LogP contribution in [0.5, 0.6) is 0 Å². The fourth-order valence-corrected chi connectivity index (χ4v) is 11.6. The van der Waals surface area contributed by atoms with Crippen molar-refractivity contribution in [3.8, 4) is 0 Å². The molecule has 0 atom stereocenters. The van der Waals surface area contributed by atoms with E-state index in [9.17, 15) is 19.2 Å². The summed E-state index contributed by atoms with van der Waals surface area (Å²) in [4.78, 5) is 45.1. The van der Waals surface area contributed by atoms with E-state index in [2.05, 4.69) is 77.8 Å². The minimum Gasteiger partial charge on any atom is -0.463 e. The minimum atomic E-state index is -2.14. The maximum absolute atomic E-state index is 11.5. The Bertz CT molecular complexity index is 3460. The maximum atomic E-state index is 11.5. The summed E-state index contributed by atoms with van der Waals surface area (Å²) in [6.45, 7) is 20.9. The molecule has 31 nitrogen and oxygen atoms in total. The van der Waals surface area contributed by atoms with Gasteiger partial charge in [-0.25, -0.2) is 4.79 Å². The van der Waals surface area contributed by atoms with Gasteiger partial charge < -0.3 is 124 Å². The van der Waals surface area contributed by atoms with Crippen molar-refractivity contribution in [2.75, 3.05) is 317 Å². The van der Waals surface area contributed by atoms with E-state index in [1.54, 1.807) is 0 Å². The van der Waals surface area contributed by atoms with Crippen LogP contribution in [0.25, 0.3) is 0 Å². The number of carbonyl (C=O) groups is 3. The number of hydrogen-bond acceptors (Lipinski definition) is 30. The molecule has 0 fully saturated rings. The van der Waals surface area contributed by atoms with Gasteiger partial charge in [0.05, 0.1) is 311 Å². The Labute approximate surface area is 794 Å². The number of aliphatic imine (C=N–C) groups is 1. The van der Waals surface area contributed by atoms with Crippen LogP contribution in [0.4, 0.5) is 0 Å². The van der Waals surface area contributed by atoms with Gasteiger partial charge >= 0.3 is 11.9 Å². The molecule has 0 aliphatic carbocycles. The number of isocyanates is 1. The summed E-state index contributed by atoms with van der Waals surface area (Å²) in [6.07, 6.45) is 0.325. The standard InChI is InChI=1S/C47H65Cl3O15.C43H64O13.C3Cl3NO2/c48-47(49,50)44(51)40-45(52)64-38-36-62-34-32-60-30-28-58-26-24-56-22-20-54-18-16-53-17-19-55-21-23-57-25-27-59-29-31-61-33-35-63-37-39-65-46(41-10-4-1-5-11-41,42-12-6-2-7-13-42)43-14-8-3-9-15-43;44-16-17-45-18-19-46-20-21-47-22-23-48-24-25-49-26-27-50-28-29-51-30-31-52-32-33-53-34-35-54-36-37-55-38-39-56-43(40-10-4-1-5-11-40,41-12-6-2-7-13-41)42-14-8-3-9-15-42;4-3(5,6)2(9)7-1-8/h1-15H,16-40H2;1-15,44H,16-39H2;. The molecule has 6 rings (SSSR count). The molecule has 1 amide bonds. The monoisotopic (exact) mass is 1950 g/mol. The van der Waals surface area contributed by atoms with Gasteiger partial charge in [0, 0.05) is 0 Å². The highest BCUT2D eigenvalue weighted by Crippen LogP contribution is 2.42. The van der Waals surface area contributed by atoms with Crippen molar-refractivity contribution in [1.29, 1.82) is 0 Å². The van der Waals surface area contributed by atoms with Crippen LogP contribution >= 0.6 is 69.6 Å². The minimum absolute atomic E-state index is 0.0223. The van der Waals surface area contributed by atoms with E-state index in [4.69, 9.17) is 193 Å². The van der Waals surface area contributed by atoms with Gasteiger partial charge in [-0.1, -0.05) is 252 Å². The molecule has 0 aliphatic rings. The number of aliphatic hydroxyl groups is 1. The molecule has 0 saturated carbocycles. The van der Waals surface area contributed by atoms with Gasteiger partial charge in [-0.05, 0) is 33.4 Å². The molecule has 130 heavy (non-hydrogen) atoms. The zero-order chi connectivity index (χ0) is 93.1. The number of carbonyl (C=O) groups excluding carboxylic acids is 4. The topological polar surface area (TPSA) is 332 Å². The number of aliphatic hydroxyl groups excluding tert-OH is 1. The molecule has 0 aliphatic heterocycles. The van der Waals surface area contributed by atoms with Gasteiger partial charge in [-0.3, -0.25) is 14.4 Å². The maximum Gasteiger partial charge on any atom is 0.313 e. The van der Waals surface area contributed by atoms with Crippen molar-refractivity contribution >= 4 is 93.3 Å². The number of ketones is 1. The van der Waals surface area contributed by atoms with Crippen molar-refractivity contribution in [2.24, 2.45) is 4.99 Å². The van der Waals surface area contributed by atoms with Crippen LogP contribution in [0.1, 0.15) is 39.8 Å². The molecule has 0 spiro atoms. The lowest BCUT2D eigenvalue weighted by Gasteiger charge is -2.36.